The Morgan fingerprint density at radius 2 is 2.44 bits per heavy atom. The van der Waals surface area contributed by atoms with Crippen molar-refractivity contribution in [2.45, 2.75) is 19.9 Å². The van der Waals surface area contributed by atoms with Gasteiger partial charge >= 0.3 is 0 Å². The highest BCUT2D eigenvalue weighted by Crippen LogP contribution is 2.11. The largest absolute Gasteiger partial charge is 0.343 e. The Balaban J connectivity index is 2.54. The summed E-state index contributed by atoms with van der Waals surface area (Å²) >= 11 is 5.82. The molecule has 0 aliphatic heterocycles. The monoisotopic (exact) mass is 240 g/mol. The average Bonchev–Trinajstić information content (AvgIpc) is 2.54. The molecule has 1 amide bonds. The Labute approximate surface area is 99.2 Å². The minimum absolute atomic E-state index is 0.0885. The van der Waals surface area contributed by atoms with Gasteiger partial charge in [0.05, 0.1) is 23.2 Å². The molecule has 0 aliphatic carbocycles. The molecular weight excluding hydrogens is 228 g/mol. The molecule has 0 bridgehead atoms. The summed E-state index contributed by atoms with van der Waals surface area (Å²) in [4.78, 5) is 13.2. The van der Waals surface area contributed by atoms with Crippen LogP contribution in [0.15, 0.2) is 6.20 Å². The summed E-state index contributed by atoms with van der Waals surface area (Å²) in [6.07, 6.45) is 1.95. The number of hydrogen-bond donors (Lipinski definition) is 0. The van der Waals surface area contributed by atoms with E-state index in [1.807, 2.05) is 6.07 Å². The van der Waals surface area contributed by atoms with E-state index in [1.165, 1.54) is 9.58 Å². The zero-order valence-electron chi connectivity index (χ0n) is 9.27. The molecule has 0 spiro atoms. The van der Waals surface area contributed by atoms with Gasteiger partial charge in [-0.1, -0.05) is 11.6 Å². The van der Waals surface area contributed by atoms with Gasteiger partial charge in [0.15, 0.2) is 0 Å². The van der Waals surface area contributed by atoms with Crippen molar-refractivity contribution in [3.05, 3.63) is 16.9 Å². The highest BCUT2D eigenvalue weighted by molar-refractivity contribution is 6.31. The first kappa shape index (κ1) is 12.5. The maximum absolute atomic E-state index is 11.7. The van der Waals surface area contributed by atoms with Gasteiger partial charge in [-0.25, -0.2) is 0 Å². The Kier molecular flexibility index (Phi) is 4.32. The number of aryl methyl sites for hydroxylation is 1. The fourth-order valence-electron chi connectivity index (χ4n) is 1.18. The Morgan fingerprint density at radius 1 is 1.75 bits per heavy atom. The Morgan fingerprint density at radius 3 is 2.94 bits per heavy atom. The van der Waals surface area contributed by atoms with E-state index >= 15 is 0 Å². The van der Waals surface area contributed by atoms with Crippen molar-refractivity contribution >= 4 is 17.5 Å². The minimum atomic E-state index is -0.0885. The molecule has 0 fully saturated rings. The van der Waals surface area contributed by atoms with Crippen molar-refractivity contribution in [2.75, 3.05) is 13.6 Å². The van der Waals surface area contributed by atoms with Gasteiger partial charge in [0.1, 0.15) is 6.54 Å². The smallest absolute Gasteiger partial charge is 0.244 e. The van der Waals surface area contributed by atoms with Gasteiger partial charge in [-0.2, -0.15) is 10.4 Å². The fraction of sp³-hybridized carbons (Fsp3) is 0.500. The molecule has 1 aromatic rings. The van der Waals surface area contributed by atoms with Gasteiger partial charge in [0.25, 0.3) is 0 Å². The number of amides is 1. The molecule has 0 radical (unpaired) electrons. The van der Waals surface area contributed by atoms with Gasteiger partial charge in [-0.3, -0.25) is 9.48 Å². The first-order valence-electron chi connectivity index (χ1n) is 4.85. The standard InChI is InChI=1S/C10H13ClN4O/c1-8-9(11)6-15(13-8)7-10(16)14(2)5-3-4-12/h6H,3,5,7H2,1-2H3. The number of nitriles is 1. The molecule has 0 unspecified atom stereocenters. The molecular formula is C10H13ClN4O. The number of rotatable bonds is 4. The fourth-order valence-corrected chi connectivity index (χ4v) is 1.33. The van der Waals surface area contributed by atoms with E-state index in [4.69, 9.17) is 16.9 Å². The molecule has 0 saturated carbocycles. The van der Waals surface area contributed by atoms with Crippen LogP contribution in [0.4, 0.5) is 0 Å². The highest BCUT2D eigenvalue weighted by atomic mass is 35.5. The lowest BCUT2D eigenvalue weighted by molar-refractivity contribution is -0.130. The summed E-state index contributed by atoms with van der Waals surface area (Å²) < 4.78 is 1.50. The van der Waals surface area contributed by atoms with Crippen LogP contribution in [0.1, 0.15) is 12.1 Å². The lowest BCUT2D eigenvalue weighted by Gasteiger charge is -2.14. The van der Waals surface area contributed by atoms with E-state index in [0.29, 0.717) is 23.7 Å². The molecule has 0 N–H and O–H groups in total. The van der Waals surface area contributed by atoms with Crippen molar-refractivity contribution in [2.24, 2.45) is 0 Å². The first-order chi connectivity index (χ1) is 7.54. The maximum atomic E-state index is 11.7. The van der Waals surface area contributed by atoms with Crippen LogP contribution in [-0.4, -0.2) is 34.2 Å². The molecule has 0 atom stereocenters. The number of hydrogen-bond acceptors (Lipinski definition) is 3. The highest BCUT2D eigenvalue weighted by Gasteiger charge is 2.10. The van der Waals surface area contributed by atoms with E-state index in [2.05, 4.69) is 5.10 Å². The van der Waals surface area contributed by atoms with Crippen LogP contribution in [0.3, 0.4) is 0 Å². The summed E-state index contributed by atoms with van der Waals surface area (Å²) in [5.74, 6) is -0.0885. The van der Waals surface area contributed by atoms with Crippen LogP contribution in [-0.2, 0) is 11.3 Å². The molecule has 0 saturated heterocycles. The Bertz CT molecular complexity index is 401. The lowest BCUT2D eigenvalue weighted by atomic mass is 10.4. The van der Waals surface area contributed by atoms with Crippen molar-refractivity contribution in [3.8, 4) is 6.07 Å². The summed E-state index contributed by atoms with van der Waals surface area (Å²) in [5.41, 5.74) is 0.703. The van der Waals surface area contributed by atoms with Crippen molar-refractivity contribution in [3.63, 3.8) is 0 Å². The zero-order chi connectivity index (χ0) is 12.1. The third-order valence-corrected chi connectivity index (χ3v) is 2.54. The van der Waals surface area contributed by atoms with Gasteiger partial charge in [0, 0.05) is 19.8 Å². The van der Waals surface area contributed by atoms with E-state index in [0.717, 1.165) is 0 Å². The van der Waals surface area contributed by atoms with Crippen LogP contribution in [0, 0.1) is 18.3 Å². The number of halogens is 1. The first-order valence-corrected chi connectivity index (χ1v) is 5.23. The molecule has 86 valence electrons. The molecule has 1 heterocycles. The summed E-state index contributed by atoms with van der Waals surface area (Å²) in [6, 6.07) is 1.99. The SMILES string of the molecule is Cc1nn(CC(=O)N(C)CCC#N)cc1Cl. The molecule has 6 heteroatoms. The second kappa shape index (κ2) is 5.52. The van der Waals surface area contributed by atoms with Crippen LogP contribution in [0.2, 0.25) is 5.02 Å². The lowest BCUT2D eigenvalue weighted by Crippen LogP contribution is -2.31. The number of carbonyl (C=O) groups excluding carboxylic acids is 1. The molecule has 0 aliphatic rings. The summed E-state index contributed by atoms with van der Waals surface area (Å²) in [6.45, 7) is 2.36. The summed E-state index contributed by atoms with van der Waals surface area (Å²) in [5, 5.41) is 13.0. The molecule has 1 rings (SSSR count). The van der Waals surface area contributed by atoms with E-state index in [1.54, 1.807) is 20.2 Å². The number of carbonyl (C=O) groups is 1. The van der Waals surface area contributed by atoms with Gasteiger partial charge in [0.2, 0.25) is 5.91 Å². The predicted molar refractivity (Wildman–Crippen MR) is 59.8 cm³/mol. The van der Waals surface area contributed by atoms with E-state index in [9.17, 15) is 4.79 Å². The zero-order valence-corrected chi connectivity index (χ0v) is 10.0. The predicted octanol–water partition coefficient (Wildman–Crippen LogP) is 1.22. The van der Waals surface area contributed by atoms with E-state index in [-0.39, 0.29) is 12.5 Å². The number of nitrogens with zero attached hydrogens (tertiary/aromatic N) is 4. The normalized spacial score (nSPS) is 9.88. The van der Waals surface area contributed by atoms with Crippen LogP contribution in [0.25, 0.3) is 0 Å². The van der Waals surface area contributed by atoms with Crippen molar-refractivity contribution in [1.82, 2.24) is 14.7 Å². The van der Waals surface area contributed by atoms with Gasteiger partial charge in [-0.15, -0.1) is 0 Å². The van der Waals surface area contributed by atoms with Crippen LogP contribution < -0.4 is 0 Å². The second-order valence-corrected chi connectivity index (χ2v) is 3.89. The van der Waals surface area contributed by atoms with Crippen molar-refractivity contribution < 1.29 is 4.79 Å². The average molecular weight is 241 g/mol. The topological polar surface area (TPSA) is 61.9 Å². The van der Waals surface area contributed by atoms with Crippen LogP contribution >= 0.6 is 11.6 Å². The number of aromatic nitrogens is 2. The molecule has 0 aromatic carbocycles. The third-order valence-electron chi connectivity index (χ3n) is 2.17. The number of likely N-dealkylation sites (N-methyl/N-ethyl adjacent to an activating group) is 1. The Hall–Kier alpha value is -1.54. The van der Waals surface area contributed by atoms with Crippen molar-refractivity contribution in [1.29, 1.82) is 5.26 Å². The van der Waals surface area contributed by atoms with Crippen LogP contribution in [0.5, 0.6) is 0 Å². The van der Waals surface area contributed by atoms with Gasteiger partial charge < -0.3 is 4.90 Å². The second-order valence-electron chi connectivity index (χ2n) is 3.48. The minimum Gasteiger partial charge on any atom is -0.343 e. The summed E-state index contributed by atoms with van der Waals surface area (Å²) in [7, 11) is 1.66. The molecule has 16 heavy (non-hydrogen) atoms. The molecule has 5 nitrogen and oxygen atoms in total. The molecule has 1 aromatic heterocycles. The van der Waals surface area contributed by atoms with E-state index < -0.39 is 0 Å². The quantitative estimate of drug-likeness (QED) is 0.795. The van der Waals surface area contributed by atoms with Gasteiger partial charge in [-0.05, 0) is 6.92 Å². The maximum Gasteiger partial charge on any atom is 0.244 e. The third kappa shape index (κ3) is 3.24.